The Kier molecular flexibility index (Phi) is 8.93. The fraction of sp³-hybridized carbons (Fsp3) is 0.800. The second-order valence-corrected chi connectivity index (χ2v) is 5.96. The first-order chi connectivity index (χ1) is 7.24. The van der Waals surface area contributed by atoms with Crippen LogP contribution in [-0.2, 0) is 18.0 Å². The number of hydrogen-bond acceptors (Lipinski definition) is 4. The molecule has 0 rings (SSSR count). The molecule has 0 amide bonds. The van der Waals surface area contributed by atoms with E-state index >= 15 is 0 Å². The molecule has 0 saturated heterocycles. The molecule has 0 aromatic rings. The van der Waals surface area contributed by atoms with E-state index in [1.54, 1.807) is 20.3 Å². The van der Waals surface area contributed by atoms with E-state index in [4.69, 9.17) is 18.0 Å². The summed E-state index contributed by atoms with van der Waals surface area (Å²) in [6, 6.07) is 0.783. The van der Waals surface area contributed by atoms with Gasteiger partial charge in [0, 0.05) is 33.5 Å². The molecule has 5 heteroatoms. The van der Waals surface area contributed by atoms with Crippen LogP contribution in [0.1, 0.15) is 13.3 Å². The van der Waals surface area contributed by atoms with Gasteiger partial charge in [-0.2, -0.15) is 0 Å². The lowest BCUT2D eigenvalue weighted by molar-refractivity contribution is 0.0971. The smallest absolute Gasteiger partial charge is 0.377 e. The van der Waals surface area contributed by atoms with Gasteiger partial charge in [0.1, 0.15) is 0 Å². The van der Waals surface area contributed by atoms with Crippen LogP contribution < -0.4 is 0 Å². The summed E-state index contributed by atoms with van der Waals surface area (Å²) in [6.07, 6.45) is 2.61. The van der Waals surface area contributed by atoms with E-state index in [1.165, 1.54) is 0 Å². The minimum Gasteiger partial charge on any atom is -0.377 e. The minimum absolute atomic E-state index is 0.586. The van der Waals surface area contributed by atoms with Crippen molar-refractivity contribution in [2.45, 2.75) is 19.4 Å². The molecule has 0 bridgehead atoms. The molecule has 0 aromatic carbocycles. The zero-order chi connectivity index (χ0) is 11.6. The molecule has 15 heavy (non-hydrogen) atoms. The summed E-state index contributed by atoms with van der Waals surface area (Å²) in [5.41, 5.74) is 0. The molecule has 0 aliphatic heterocycles. The van der Waals surface area contributed by atoms with Gasteiger partial charge in [-0.25, -0.2) is 0 Å². The Labute approximate surface area is 93.5 Å². The van der Waals surface area contributed by atoms with Gasteiger partial charge in [-0.1, -0.05) is 6.08 Å². The average molecular weight is 234 g/mol. The largest absolute Gasteiger partial charge is 0.500 e. The van der Waals surface area contributed by atoms with Crippen LogP contribution in [0.15, 0.2) is 12.7 Å². The lowest BCUT2D eigenvalue weighted by atomic mass is 10.5. The van der Waals surface area contributed by atoms with Crippen LogP contribution in [0.4, 0.5) is 0 Å². The maximum absolute atomic E-state index is 5.55. The monoisotopic (exact) mass is 234 g/mol. The van der Waals surface area contributed by atoms with E-state index in [0.29, 0.717) is 19.8 Å². The molecule has 0 spiro atoms. The summed E-state index contributed by atoms with van der Waals surface area (Å²) in [5.74, 6) is 0. The highest BCUT2D eigenvalue weighted by Crippen LogP contribution is 2.15. The Bertz CT molecular complexity index is 160. The first-order valence-electron chi connectivity index (χ1n) is 5.17. The highest BCUT2D eigenvalue weighted by molar-refractivity contribution is 6.60. The second kappa shape index (κ2) is 9.05. The van der Waals surface area contributed by atoms with Crippen LogP contribution in [0, 0.1) is 0 Å². The van der Waals surface area contributed by atoms with E-state index in [2.05, 4.69) is 6.58 Å². The molecular weight excluding hydrogens is 212 g/mol. The molecule has 0 aliphatic rings. The van der Waals surface area contributed by atoms with Gasteiger partial charge >= 0.3 is 8.80 Å². The van der Waals surface area contributed by atoms with Crippen molar-refractivity contribution in [3.05, 3.63) is 12.7 Å². The van der Waals surface area contributed by atoms with E-state index in [9.17, 15) is 0 Å². The maximum Gasteiger partial charge on any atom is 0.500 e. The zero-order valence-corrected chi connectivity index (χ0v) is 11.0. The van der Waals surface area contributed by atoms with Crippen LogP contribution in [0.5, 0.6) is 0 Å². The van der Waals surface area contributed by atoms with Gasteiger partial charge < -0.3 is 18.0 Å². The second-order valence-electron chi connectivity index (χ2n) is 2.99. The summed E-state index contributed by atoms with van der Waals surface area (Å²) < 4.78 is 21.5. The van der Waals surface area contributed by atoms with Crippen molar-refractivity contribution in [3.8, 4) is 0 Å². The van der Waals surface area contributed by atoms with E-state index in [1.807, 2.05) is 6.92 Å². The molecular formula is C10H22O4Si. The van der Waals surface area contributed by atoms with Gasteiger partial charge in [-0.05, 0) is 13.3 Å². The van der Waals surface area contributed by atoms with Gasteiger partial charge in [-0.15, -0.1) is 6.58 Å². The molecule has 0 radical (unpaired) electrons. The van der Waals surface area contributed by atoms with Gasteiger partial charge in [0.25, 0.3) is 0 Å². The normalized spacial score (nSPS) is 11.7. The molecule has 4 nitrogen and oxygen atoms in total. The first-order valence-corrected chi connectivity index (χ1v) is 7.10. The SMILES string of the molecule is C=CCOCCC[Si](OC)(OC)OCC. The van der Waals surface area contributed by atoms with Crippen LogP contribution in [-0.4, -0.2) is 42.8 Å². The van der Waals surface area contributed by atoms with Gasteiger partial charge in [-0.3, -0.25) is 0 Å². The van der Waals surface area contributed by atoms with Crippen molar-refractivity contribution in [2.75, 3.05) is 34.0 Å². The van der Waals surface area contributed by atoms with Crippen LogP contribution in [0.2, 0.25) is 6.04 Å². The third-order valence-corrected chi connectivity index (χ3v) is 4.93. The first kappa shape index (κ1) is 14.8. The lowest BCUT2D eigenvalue weighted by Gasteiger charge is -2.25. The fourth-order valence-electron chi connectivity index (χ4n) is 1.25. The Balaban J connectivity index is 3.79. The Hall–Kier alpha value is -0.203. The fourth-order valence-corrected chi connectivity index (χ4v) is 3.23. The van der Waals surface area contributed by atoms with E-state index < -0.39 is 8.80 Å². The summed E-state index contributed by atoms with van der Waals surface area (Å²) in [6.45, 7) is 7.40. The molecule has 0 fully saturated rings. The standard InChI is InChI=1S/C10H22O4Si/c1-5-8-13-9-7-10-15(11-3,12-4)14-6-2/h5H,1,6-10H2,2-4H3. The summed E-state index contributed by atoms with van der Waals surface area (Å²) in [7, 11) is 0.860. The quantitative estimate of drug-likeness (QED) is 0.328. The maximum atomic E-state index is 5.55. The third-order valence-electron chi connectivity index (χ3n) is 1.99. The molecule has 0 N–H and O–H groups in total. The van der Waals surface area contributed by atoms with Crippen LogP contribution in [0.3, 0.4) is 0 Å². The highest BCUT2D eigenvalue weighted by Gasteiger charge is 2.37. The number of hydrogen-bond donors (Lipinski definition) is 0. The van der Waals surface area contributed by atoms with Crippen molar-refractivity contribution in [3.63, 3.8) is 0 Å². The van der Waals surface area contributed by atoms with Gasteiger partial charge in [0.2, 0.25) is 0 Å². The van der Waals surface area contributed by atoms with Crippen LogP contribution in [0.25, 0.3) is 0 Å². The van der Waals surface area contributed by atoms with Gasteiger partial charge in [0.05, 0.1) is 6.61 Å². The molecule has 0 saturated carbocycles. The van der Waals surface area contributed by atoms with Gasteiger partial charge in [0.15, 0.2) is 0 Å². The average Bonchev–Trinajstić information content (AvgIpc) is 2.27. The van der Waals surface area contributed by atoms with Crippen molar-refractivity contribution in [1.29, 1.82) is 0 Å². The molecule has 0 atom stereocenters. The third kappa shape index (κ3) is 6.06. The van der Waals surface area contributed by atoms with Crippen molar-refractivity contribution in [2.24, 2.45) is 0 Å². The lowest BCUT2D eigenvalue weighted by Crippen LogP contribution is -2.43. The summed E-state index contributed by atoms with van der Waals surface area (Å²) >= 11 is 0. The minimum atomic E-state index is -2.41. The van der Waals surface area contributed by atoms with Crippen molar-refractivity contribution >= 4 is 8.80 Å². The summed E-state index contributed by atoms with van der Waals surface area (Å²) in [5, 5.41) is 0. The highest BCUT2D eigenvalue weighted by atomic mass is 28.4. The Morgan fingerprint density at radius 2 is 1.93 bits per heavy atom. The van der Waals surface area contributed by atoms with Crippen molar-refractivity contribution < 1.29 is 18.0 Å². The predicted octanol–water partition coefficient (Wildman–Crippen LogP) is 1.85. The Morgan fingerprint density at radius 1 is 1.27 bits per heavy atom. The van der Waals surface area contributed by atoms with Crippen LogP contribution >= 0.6 is 0 Å². The predicted molar refractivity (Wildman–Crippen MR) is 61.8 cm³/mol. The molecule has 0 unspecified atom stereocenters. The topological polar surface area (TPSA) is 36.9 Å². The zero-order valence-electron chi connectivity index (χ0n) is 9.95. The number of ether oxygens (including phenoxy) is 1. The molecule has 90 valence electrons. The Morgan fingerprint density at radius 3 is 2.40 bits per heavy atom. The summed E-state index contributed by atoms with van der Waals surface area (Å²) in [4.78, 5) is 0. The molecule has 0 aromatic heterocycles. The van der Waals surface area contributed by atoms with Crippen molar-refractivity contribution in [1.82, 2.24) is 0 Å². The van der Waals surface area contributed by atoms with E-state index in [0.717, 1.165) is 12.5 Å². The van der Waals surface area contributed by atoms with E-state index in [-0.39, 0.29) is 0 Å². The molecule has 0 heterocycles. The molecule has 0 aliphatic carbocycles. The number of rotatable bonds is 10.